The Morgan fingerprint density at radius 3 is 2.43 bits per heavy atom. The van der Waals surface area contributed by atoms with Crippen LogP contribution in [-0.4, -0.2) is 30.4 Å². The first kappa shape index (κ1) is 20.2. The van der Waals surface area contributed by atoms with Crippen LogP contribution in [0.25, 0.3) is 33.4 Å². The van der Waals surface area contributed by atoms with E-state index in [2.05, 4.69) is 19.7 Å². The third kappa shape index (κ3) is 3.49. The number of rotatable bonds is 4. The van der Waals surface area contributed by atoms with E-state index in [4.69, 9.17) is 11.6 Å². The topological polar surface area (TPSA) is 105 Å². The lowest BCUT2D eigenvalue weighted by molar-refractivity contribution is 0.589. The van der Waals surface area contributed by atoms with E-state index in [1.807, 2.05) is 30.3 Å². The van der Waals surface area contributed by atoms with Crippen molar-refractivity contribution < 1.29 is 8.42 Å². The largest absolute Gasteiger partial charge is 0.346 e. The molecule has 0 radical (unpaired) electrons. The Bertz CT molecular complexity index is 1410. The van der Waals surface area contributed by atoms with Crippen LogP contribution in [0.3, 0.4) is 0 Å². The smallest absolute Gasteiger partial charge is 0.241 e. The van der Waals surface area contributed by atoms with Crippen molar-refractivity contribution in [2.24, 2.45) is 0 Å². The standard InChI is InChI=1S/C21H17ClN4O3S/c1-12-10-14(11-16(22)25-12)17-19(13-6-4-3-5-7-13)26-21-18(15(27)8-9-24-21)20(17)30(28,29)23-2/h3-11,23H,1-2H3,(H,24,26,27). The zero-order valence-corrected chi connectivity index (χ0v) is 17.7. The quantitative estimate of drug-likeness (QED) is 0.472. The lowest BCUT2D eigenvalue weighted by atomic mass is 9.98. The van der Waals surface area contributed by atoms with Crippen molar-refractivity contribution in [3.63, 3.8) is 0 Å². The minimum absolute atomic E-state index is 0.0212. The van der Waals surface area contributed by atoms with Crippen LogP contribution in [-0.2, 0) is 10.0 Å². The number of aromatic amines is 1. The fourth-order valence-corrected chi connectivity index (χ4v) is 4.80. The van der Waals surface area contributed by atoms with Crippen molar-refractivity contribution in [1.29, 1.82) is 0 Å². The maximum absolute atomic E-state index is 13.2. The van der Waals surface area contributed by atoms with E-state index in [-0.39, 0.29) is 26.6 Å². The average molecular weight is 441 g/mol. The predicted octanol–water partition coefficient (Wildman–Crippen LogP) is 3.52. The maximum Gasteiger partial charge on any atom is 0.241 e. The monoisotopic (exact) mass is 440 g/mol. The summed E-state index contributed by atoms with van der Waals surface area (Å²) >= 11 is 6.18. The summed E-state index contributed by atoms with van der Waals surface area (Å²) in [6.45, 7) is 1.76. The van der Waals surface area contributed by atoms with Gasteiger partial charge in [-0.25, -0.2) is 23.1 Å². The van der Waals surface area contributed by atoms with Gasteiger partial charge in [-0.05, 0) is 31.7 Å². The van der Waals surface area contributed by atoms with Crippen molar-refractivity contribution in [1.82, 2.24) is 19.7 Å². The van der Waals surface area contributed by atoms with E-state index in [1.165, 1.54) is 19.3 Å². The number of nitrogens with one attached hydrogen (secondary N) is 2. The molecule has 0 bridgehead atoms. The lowest BCUT2D eigenvalue weighted by Crippen LogP contribution is -2.22. The summed E-state index contributed by atoms with van der Waals surface area (Å²) in [6.07, 6.45) is 1.44. The molecule has 0 aliphatic carbocycles. The summed E-state index contributed by atoms with van der Waals surface area (Å²) in [4.78, 5) is 24.3. The number of aromatic nitrogens is 3. The van der Waals surface area contributed by atoms with Crippen LogP contribution in [0.5, 0.6) is 0 Å². The molecule has 1 aromatic carbocycles. The van der Waals surface area contributed by atoms with Crippen LogP contribution in [0.4, 0.5) is 0 Å². The van der Waals surface area contributed by atoms with Crippen molar-refractivity contribution in [2.45, 2.75) is 11.8 Å². The van der Waals surface area contributed by atoms with Crippen LogP contribution >= 0.6 is 11.6 Å². The highest BCUT2D eigenvalue weighted by atomic mass is 35.5. The van der Waals surface area contributed by atoms with E-state index in [9.17, 15) is 13.2 Å². The molecular weight excluding hydrogens is 424 g/mol. The van der Waals surface area contributed by atoms with E-state index in [0.717, 1.165) is 0 Å². The Morgan fingerprint density at radius 1 is 1.03 bits per heavy atom. The number of hydrogen-bond donors (Lipinski definition) is 2. The molecule has 9 heteroatoms. The zero-order valence-electron chi connectivity index (χ0n) is 16.1. The van der Waals surface area contributed by atoms with Crippen LogP contribution < -0.4 is 10.2 Å². The molecule has 152 valence electrons. The van der Waals surface area contributed by atoms with Crippen LogP contribution in [0.15, 0.2) is 64.4 Å². The summed E-state index contributed by atoms with van der Waals surface area (Å²) < 4.78 is 28.7. The third-order valence-corrected chi connectivity index (χ3v) is 6.32. The molecule has 0 spiro atoms. The van der Waals surface area contributed by atoms with Crippen LogP contribution in [0, 0.1) is 6.92 Å². The van der Waals surface area contributed by atoms with Crippen LogP contribution in [0.2, 0.25) is 5.15 Å². The molecule has 0 saturated heterocycles. The molecule has 0 atom stereocenters. The van der Waals surface area contributed by atoms with Gasteiger partial charge in [0.05, 0.1) is 11.1 Å². The summed E-state index contributed by atoms with van der Waals surface area (Å²) in [6, 6.07) is 13.7. The number of hydrogen-bond acceptors (Lipinski definition) is 5. The molecule has 0 saturated carbocycles. The van der Waals surface area contributed by atoms with Gasteiger partial charge in [-0.1, -0.05) is 41.9 Å². The first-order chi connectivity index (χ1) is 14.3. The second-order valence-corrected chi connectivity index (χ2v) is 8.83. The van der Waals surface area contributed by atoms with Gasteiger partial charge in [0.15, 0.2) is 5.43 Å². The zero-order chi connectivity index (χ0) is 21.5. The molecule has 3 heterocycles. The second kappa shape index (κ2) is 7.64. The Morgan fingerprint density at radius 2 is 1.77 bits per heavy atom. The van der Waals surface area contributed by atoms with Gasteiger partial charge in [0.2, 0.25) is 10.0 Å². The number of benzene rings is 1. The van der Waals surface area contributed by atoms with Crippen molar-refractivity contribution in [2.75, 3.05) is 7.05 Å². The Hall–Kier alpha value is -3.07. The van der Waals surface area contributed by atoms with Crippen molar-refractivity contribution >= 4 is 32.7 Å². The molecule has 0 unspecified atom stereocenters. The Balaban J connectivity index is 2.31. The van der Waals surface area contributed by atoms with Gasteiger partial charge in [0.25, 0.3) is 0 Å². The summed E-state index contributed by atoms with van der Waals surface area (Å²) in [5.41, 5.74) is 2.20. The number of sulfonamides is 1. The molecule has 4 aromatic rings. The average Bonchev–Trinajstić information content (AvgIpc) is 2.72. The number of aryl methyl sites for hydroxylation is 1. The molecule has 0 fully saturated rings. The minimum atomic E-state index is -4.06. The normalized spacial score (nSPS) is 11.7. The minimum Gasteiger partial charge on any atom is -0.346 e. The van der Waals surface area contributed by atoms with E-state index in [0.29, 0.717) is 22.5 Å². The number of nitrogens with zero attached hydrogens (tertiary/aromatic N) is 2. The van der Waals surface area contributed by atoms with Gasteiger partial charge >= 0.3 is 0 Å². The molecule has 0 aliphatic heterocycles. The highest BCUT2D eigenvalue weighted by Crippen LogP contribution is 2.39. The van der Waals surface area contributed by atoms with Gasteiger partial charge in [-0.2, -0.15) is 0 Å². The number of halogens is 1. The second-order valence-electron chi connectivity index (χ2n) is 6.62. The van der Waals surface area contributed by atoms with Crippen molar-refractivity contribution in [3.05, 3.63) is 75.8 Å². The molecule has 7 nitrogen and oxygen atoms in total. The first-order valence-corrected chi connectivity index (χ1v) is 10.9. The molecule has 0 aliphatic rings. The van der Waals surface area contributed by atoms with Gasteiger partial charge in [-0.3, -0.25) is 4.79 Å². The molecule has 2 N–H and O–H groups in total. The fraction of sp³-hybridized carbons (Fsp3) is 0.0952. The fourth-order valence-electron chi connectivity index (χ4n) is 3.39. The summed E-state index contributed by atoms with van der Waals surface area (Å²) in [5, 5.41) is 0.186. The summed E-state index contributed by atoms with van der Waals surface area (Å²) in [7, 11) is -2.75. The Labute approximate surface area is 177 Å². The number of fused-ring (bicyclic) bond motifs is 1. The van der Waals surface area contributed by atoms with Gasteiger partial charge in [-0.15, -0.1) is 0 Å². The third-order valence-electron chi connectivity index (χ3n) is 4.65. The van der Waals surface area contributed by atoms with Crippen LogP contribution in [0.1, 0.15) is 5.69 Å². The van der Waals surface area contributed by atoms with Crippen molar-refractivity contribution in [3.8, 4) is 22.4 Å². The molecular formula is C21H17ClN4O3S. The molecule has 0 amide bonds. The number of pyridine rings is 3. The van der Waals surface area contributed by atoms with Gasteiger partial charge in [0.1, 0.15) is 15.7 Å². The maximum atomic E-state index is 13.2. The van der Waals surface area contributed by atoms with Gasteiger partial charge in [0, 0.05) is 29.1 Å². The number of H-pyrrole nitrogens is 1. The molecule has 30 heavy (non-hydrogen) atoms. The molecule has 4 rings (SSSR count). The Kier molecular flexibility index (Phi) is 5.15. The van der Waals surface area contributed by atoms with E-state index >= 15 is 0 Å². The lowest BCUT2D eigenvalue weighted by Gasteiger charge is -2.17. The SMILES string of the molecule is CNS(=O)(=O)c1c(-c2cc(C)nc(Cl)c2)c(-c2ccccc2)nc2[nH]ccc(=O)c12. The van der Waals surface area contributed by atoms with E-state index in [1.54, 1.807) is 19.1 Å². The predicted molar refractivity (Wildman–Crippen MR) is 117 cm³/mol. The first-order valence-electron chi connectivity index (χ1n) is 9.01. The summed E-state index contributed by atoms with van der Waals surface area (Å²) in [5.74, 6) is 0. The highest BCUT2D eigenvalue weighted by Gasteiger charge is 2.28. The van der Waals surface area contributed by atoms with Gasteiger partial charge < -0.3 is 4.98 Å². The van der Waals surface area contributed by atoms with E-state index < -0.39 is 15.5 Å². The molecule has 3 aromatic heterocycles. The highest BCUT2D eigenvalue weighted by molar-refractivity contribution is 7.89.